The Balaban J connectivity index is 2.61. The van der Waals surface area contributed by atoms with E-state index >= 15 is 0 Å². The molecule has 0 aliphatic heterocycles. The third-order valence-corrected chi connectivity index (χ3v) is 3.13. The molecule has 2 rings (SSSR count). The van der Waals surface area contributed by atoms with Crippen molar-refractivity contribution in [3.05, 3.63) is 69.8 Å². The molecule has 0 saturated heterocycles. The van der Waals surface area contributed by atoms with Gasteiger partial charge in [-0.15, -0.1) is 0 Å². The normalized spacial score (nSPS) is 12.5. The Morgan fingerprint density at radius 2 is 1.55 bits per heavy atom. The third-order valence-electron chi connectivity index (χ3n) is 2.89. The molecule has 0 aliphatic rings. The third kappa shape index (κ3) is 2.78. The average Bonchev–Trinajstić information content (AvgIpc) is 2.37. The molecule has 0 amide bonds. The van der Waals surface area contributed by atoms with Crippen molar-refractivity contribution in [1.29, 1.82) is 0 Å². The lowest BCUT2D eigenvalue weighted by molar-refractivity contribution is 0.491. The van der Waals surface area contributed by atoms with Crippen LogP contribution in [0.5, 0.6) is 0 Å². The number of hydrogen-bond acceptors (Lipinski definition) is 1. The van der Waals surface area contributed by atoms with E-state index in [1.54, 1.807) is 0 Å². The number of rotatable bonds is 3. The van der Waals surface area contributed by atoms with Gasteiger partial charge in [-0.3, -0.25) is 0 Å². The van der Waals surface area contributed by atoms with Crippen LogP contribution in [0.25, 0.3) is 0 Å². The Labute approximate surface area is 118 Å². The maximum atomic E-state index is 13.8. The van der Waals surface area contributed by atoms with Gasteiger partial charge in [0.25, 0.3) is 0 Å². The first-order chi connectivity index (χ1) is 9.43. The van der Waals surface area contributed by atoms with E-state index in [0.29, 0.717) is 12.1 Å². The Bertz CT molecular complexity index is 622. The maximum absolute atomic E-state index is 13.8. The van der Waals surface area contributed by atoms with Crippen molar-refractivity contribution < 1.29 is 17.6 Å². The zero-order chi connectivity index (χ0) is 14.9. The van der Waals surface area contributed by atoms with Crippen molar-refractivity contribution in [2.24, 2.45) is 0 Å². The molecule has 0 fully saturated rings. The highest BCUT2D eigenvalue weighted by Gasteiger charge is 2.24. The minimum absolute atomic E-state index is 0.0237. The molecule has 1 nitrogen and oxygen atoms in total. The molecule has 0 heterocycles. The van der Waals surface area contributed by atoms with Gasteiger partial charge >= 0.3 is 0 Å². The summed E-state index contributed by atoms with van der Waals surface area (Å²) >= 11 is 5.77. The fourth-order valence-electron chi connectivity index (χ4n) is 2.02. The number of halogens is 5. The first-order valence-corrected chi connectivity index (χ1v) is 6.08. The SMILES string of the molecule is CNC(c1cc(Cl)ccc1F)c1c(F)cc(F)cc1F. The fraction of sp³-hybridized carbons (Fsp3) is 0.143. The van der Waals surface area contributed by atoms with Crippen molar-refractivity contribution in [3.63, 3.8) is 0 Å². The van der Waals surface area contributed by atoms with E-state index in [2.05, 4.69) is 5.32 Å². The second kappa shape index (κ2) is 5.81. The standard InChI is InChI=1S/C14H10ClF4N/c1-20-14(9-4-7(15)2-3-10(9)17)13-11(18)5-8(16)6-12(13)19/h2-6,14,20H,1H3. The molecule has 0 saturated carbocycles. The van der Waals surface area contributed by atoms with E-state index in [-0.39, 0.29) is 10.6 Å². The highest BCUT2D eigenvalue weighted by Crippen LogP contribution is 2.30. The number of hydrogen-bond donors (Lipinski definition) is 1. The van der Waals surface area contributed by atoms with Gasteiger partial charge < -0.3 is 5.32 Å². The van der Waals surface area contributed by atoms with Crippen LogP contribution in [0.4, 0.5) is 17.6 Å². The number of benzene rings is 2. The summed E-state index contributed by atoms with van der Waals surface area (Å²) in [7, 11) is 1.41. The Kier molecular flexibility index (Phi) is 4.30. The van der Waals surface area contributed by atoms with Crippen molar-refractivity contribution >= 4 is 11.6 Å². The topological polar surface area (TPSA) is 12.0 Å². The predicted molar refractivity (Wildman–Crippen MR) is 68.6 cm³/mol. The summed E-state index contributed by atoms with van der Waals surface area (Å²) in [6, 6.07) is 3.66. The molecule has 0 bridgehead atoms. The Morgan fingerprint density at radius 3 is 2.10 bits per heavy atom. The summed E-state index contributed by atoms with van der Waals surface area (Å²) in [6.45, 7) is 0. The summed E-state index contributed by atoms with van der Waals surface area (Å²) in [5.41, 5.74) is -0.487. The van der Waals surface area contributed by atoms with E-state index in [0.717, 1.165) is 6.07 Å². The van der Waals surface area contributed by atoms with Crippen molar-refractivity contribution in [2.75, 3.05) is 7.05 Å². The van der Waals surface area contributed by atoms with Crippen LogP contribution in [-0.2, 0) is 0 Å². The largest absolute Gasteiger partial charge is 0.309 e. The molecule has 106 valence electrons. The van der Waals surface area contributed by atoms with Crippen LogP contribution in [0.15, 0.2) is 30.3 Å². The first-order valence-electron chi connectivity index (χ1n) is 5.70. The second-order valence-electron chi connectivity index (χ2n) is 4.17. The predicted octanol–water partition coefficient (Wildman–Crippen LogP) is 4.21. The maximum Gasteiger partial charge on any atom is 0.134 e. The molecular weight excluding hydrogens is 294 g/mol. The van der Waals surface area contributed by atoms with Gasteiger partial charge in [0.05, 0.1) is 6.04 Å². The van der Waals surface area contributed by atoms with E-state index in [1.165, 1.54) is 19.2 Å². The molecule has 0 radical (unpaired) electrons. The summed E-state index contributed by atoms with van der Waals surface area (Å²) in [5.74, 6) is -3.90. The summed E-state index contributed by atoms with van der Waals surface area (Å²) in [5, 5.41) is 2.83. The Morgan fingerprint density at radius 1 is 0.950 bits per heavy atom. The molecule has 0 aromatic heterocycles. The summed E-state index contributed by atoms with van der Waals surface area (Å²) in [4.78, 5) is 0. The van der Waals surface area contributed by atoms with Gasteiger partial charge in [-0.05, 0) is 25.2 Å². The smallest absolute Gasteiger partial charge is 0.134 e. The van der Waals surface area contributed by atoms with Gasteiger partial charge in [-0.1, -0.05) is 11.6 Å². The second-order valence-corrected chi connectivity index (χ2v) is 4.61. The van der Waals surface area contributed by atoms with Gasteiger partial charge in [0.1, 0.15) is 23.3 Å². The first kappa shape index (κ1) is 14.8. The van der Waals surface area contributed by atoms with Crippen LogP contribution in [0, 0.1) is 23.3 Å². The zero-order valence-electron chi connectivity index (χ0n) is 10.4. The van der Waals surface area contributed by atoms with Crippen LogP contribution < -0.4 is 5.32 Å². The molecule has 2 aromatic rings. The highest BCUT2D eigenvalue weighted by atomic mass is 35.5. The van der Waals surface area contributed by atoms with Gasteiger partial charge in [0, 0.05) is 28.3 Å². The van der Waals surface area contributed by atoms with Crippen LogP contribution in [-0.4, -0.2) is 7.05 Å². The molecule has 20 heavy (non-hydrogen) atoms. The minimum Gasteiger partial charge on any atom is -0.309 e. The molecule has 0 aliphatic carbocycles. The number of nitrogens with one attached hydrogen (secondary N) is 1. The van der Waals surface area contributed by atoms with E-state index in [9.17, 15) is 17.6 Å². The van der Waals surface area contributed by atoms with E-state index < -0.39 is 34.9 Å². The molecule has 2 aromatic carbocycles. The van der Waals surface area contributed by atoms with Crippen molar-refractivity contribution in [3.8, 4) is 0 Å². The lowest BCUT2D eigenvalue weighted by Gasteiger charge is -2.19. The van der Waals surface area contributed by atoms with Crippen molar-refractivity contribution in [2.45, 2.75) is 6.04 Å². The quantitative estimate of drug-likeness (QED) is 0.838. The lowest BCUT2D eigenvalue weighted by Crippen LogP contribution is -2.22. The van der Waals surface area contributed by atoms with Crippen LogP contribution >= 0.6 is 11.6 Å². The van der Waals surface area contributed by atoms with Crippen LogP contribution in [0.3, 0.4) is 0 Å². The van der Waals surface area contributed by atoms with Crippen LogP contribution in [0.1, 0.15) is 17.2 Å². The van der Waals surface area contributed by atoms with Crippen LogP contribution in [0.2, 0.25) is 5.02 Å². The molecule has 1 atom stereocenters. The van der Waals surface area contributed by atoms with Gasteiger partial charge in [0.2, 0.25) is 0 Å². The van der Waals surface area contributed by atoms with Gasteiger partial charge in [-0.25, -0.2) is 17.6 Å². The summed E-state index contributed by atoms with van der Waals surface area (Å²) in [6.07, 6.45) is 0. The molecule has 0 spiro atoms. The summed E-state index contributed by atoms with van der Waals surface area (Å²) < 4.78 is 54.3. The minimum atomic E-state index is -1.12. The molecular formula is C14H10ClF4N. The molecule has 1 N–H and O–H groups in total. The fourth-order valence-corrected chi connectivity index (χ4v) is 2.20. The van der Waals surface area contributed by atoms with Gasteiger partial charge in [-0.2, -0.15) is 0 Å². The average molecular weight is 304 g/mol. The highest BCUT2D eigenvalue weighted by molar-refractivity contribution is 6.30. The molecule has 1 unspecified atom stereocenters. The van der Waals surface area contributed by atoms with E-state index in [1.807, 2.05) is 0 Å². The molecule has 6 heteroatoms. The van der Waals surface area contributed by atoms with E-state index in [4.69, 9.17) is 11.6 Å². The Hall–Kier alpha value is -1.59. The van der Waals surface area contributed by atoms with Gasteiger partial charge in [0.15, 0.2) is 0 Å². The zero-order valence-corrected chi connectivity index (χ0v) is 11.1. The van der Waals surface area contributed by atoms with Crippen molar-refractivity contribution in [1.82, 2.24) is 5.32 Å². The monoisotopic (exact) mass is 303 g/mol. The lowest BCUT2D eigenvalue weighted by atomic mass is 9.97.